The Bertz CT molecular complexity index is 668. The van der Waals surface area contributed by atoms with Crippen molar-refractivity contribution in [1.82, 2.24) is 4.98 Å². The molecule has 1 aromatic heterocycles. The largest absolute Gasteiger partial charge is 0.370 e. The molecule has 1 amide bonds. The lowest BCUT2D eigenvalue weighted by Crippen LogP contribution is -2.29. The van der Waals surface area contributed by atoms with Crippen LogP contribution in [0.25, 0.3) is 0 Å². The van der Waals surface area contributed by atoms with Crippen molar-refractivity contribution < 1.29 is 9.18 Å². The van der Waals surface area contributed by atoms with Crippen molar-refractivity contribution in [3.05, 3.63) is 54.1 Å². The van der Waals surface area contributed by atoms with E-state index in [1.807, 2.05) is 6.07 Å². The fourth-order valence-corrected chi connectivity index (χ4v) is 2.65. The Labute approximate surface area is 129 Å². The average molecular weight is 299 g/mol. The number of piperidine rings is 1. The van der Waals surface area contributed by atoms with Gasteiger partial charge in [0.25, 0.3) is 5.91 Å². The second-order valence-corrected chi connectivity index (χ2v) is 5.44. The molecular weight excluding hydrogens is 281 g/mol. The van der Waals surface area contributed by atoms with Crippen molar-refractivity contribution in [3.8, 4) is 0 Å². The first-order chi connectivity index (χ1) is 10.7. The highest BCUT2D eigenvalue weighted by molar-refractivity contribution is 6.04. The number of carbonyl (C=O) groups is 1. The fourth-order valence-electron chi connectivity index (χ4n) is 2.65. The van der Waals surface area contributed by atoms with Crippen molar-refractivity contribution in [2.75, 3.05) is 23.3 Å². The second kappa shape index (κ2) is 6.56. The summed E-state index contributed by atoms with van der Waals surface area (Å²) in [6.45, 7) is 1.99. The molecule has 0 spiro atoms. The predicted molar refractivity (Wildman–Crippen MR) is 84.7 cm³/mol. The number of benzene rings is 1. The van der Waals surface area contributed by atoms with Gasteiger partial charge >= 0.3 is 0 Å². The van der Waals surface area contributed by atoms with E-state index >= 15 is 0 Å². The normalized spacial score (nSPS) is 14.7. The third kappa shape index (κ3) is 3.42. The molecule has 0 saturated carbocycles. The summed E-state index contributed by atoms with van der Waals surface area (Å²) in [5.41, 5.74) is 1.88. The standard InChI is InChI=1S/C17H18FN3O/c18-14-5-4-6-15(10-14)20-17(22)13-9-16(12-19-11-13)21-7-2-1-3-8-21/h4-6,9-12H,1-3,7-8H2,(H,20,22). The van der Waals surface area contributed by atoms with E-state index in [-0.39, 0.29) is 11.7 Å². The Balaban J connectivity index is 1.75. The van der Waals surface area contributed by atoms with Crippen LogP contribution < -0.4 is 10.2 Å². The van der Waals surface area contributed by atoms with Crippen molar-refractivity contribution in [2.24, 2.45) is 0 Å². The lowest BCUT2D eigenvalue weighted by Gasteiger charge is -2.28. The van der Waals surface area contributed by atoms with Crippen LogP contribution in [0.15, 0.2) is 42.7 Å². The molecule has 0 bridgehead atoms. The summed E-state index contributed by atoms with van der Waals surface area (Å²) in [5, 5.41) is 2.69. The van der Waals surface area contributed by atoms with Crippen LogP contribution in [0, 0.1) is 5.82 Å². The highest BCUT2D eigenvalue weighted by Crippen LogP contribution is 2.20. The lowest BCUT2D eigenvalue weighted by molar-refractivity contribution is 0.102. The van der Waals surface area contributed by atoms with Crippen LogP contribution in [-0.2, 0) is 0 Å². The molecule has 1 aromatic carbocycles. The van der Waals surface area contributed by atoms with Crippen LogP contribution in [0.2, 0.25) is 0 Å². The molecule has 0 atom stereocenters. The van der Waals surface area contributed by atoms with Crippen molar-refractivity contribution in [2.45, 2.75) is 19.3 Å². The molecule has 22 heavy (non-hydrogen) atoms. The van der Waals surface area contributed by atoms with Crippen molar-refractivity contribution in [3.63, 3.8) is 0 Å². The highest BCUT2D eigenvalue weighted by Gasteiger charge is 2.14. The van der Waals surface area contributed by atoms with Gasteiger partial charge in [0.15, 0.2) is 0 Å². The zero-order valence-corrected chi connectivity index (χ0v) is 12.3. The summed E-state index contributed by atoms with van der Waals surface area (Å²) in [6, 6.07) is 7.69. The summed E-state index contributed by atoms with van der Waals surface area (Å²) in [7, 11) is 0. The summed E-state index contributed by atoms with van der Waals surface area (Å²) in [4.78, 5) is 18.7. The van der Waals surface area contributed by atoms with Crippen LogP contribution in [0.4, 0.5) is 15.8 Å². The molecular formula is C17H18FN3O. The van der Waals surface area contributed by atoms with Gasteiger partial charge in [-0.1, -0.05) is 6.07 Å². The number of nitrogens with zero attached hydrogens (tertiary/aromatic N) is 2. The van der Waals surface area contributed by atoms with E-state index in [2.05, 4.69) is 15.2 Å². The highest BCUT2D eigenvalue weighted by atomic mass is 19.1. The van der Waals surface area contributed by atoms with Crippen molar-refractivity contribution >= 4 is 17.3 Å². The predicted octanol–water partition coefficient (Wildman–Crippen LogP) is 3.46. The van der Waals surface area contributed by atoms with Gasteiger partial charge in [0.1, 0.15) is 5.82 Å². The van der Waals surface area contributed by atoms with E-state index < -0.39 is 0 Å². The molecule has 1 aliphatic rings. The average Bonchev–Trinajstić information content (AvgIpc) is 2.56. The molecule has 1 aliphatic heterocycles. The number of amides is 1. The van der Waals surface area contributed by atoms with Crippen LogP contribution in [0.3, 0.4) is 0 Å². The number of aromatic nitrogens is 1. The third-order valence-corrected chi connectivity index (χ3v) is 3.79. The Morgan fingerprint density at radius 1 is 1.14 bits per heavy atom. The number of hydrogen-bond donors (Lipinski definition) is 1. The van der Waals surface area contributed by atoms with E-state index in [0.29, 0.717) is 11.3 Å². The SMILES string of the molecule is O=C(Nc1cccc(F)c1)c1cncc(N2CCCCC2)c1. The maximum Gasteiger partial charge on any atom is 0.257 e. The molecule has 0 aliphatic carbocycles. The summed E-state index contributed by atoms with van der Waals surface area (Å²) in [6.07, 6.45) is 6.90. The molecule has 2 aromatic rings. The molecule has 1 N–H and O–H groups in total. The topological polar surface area (TPSA) is 45.2 Å². The number of hydrogen-bond acceptors (Lipinski definition) is 3. The van der Waals surface area contributed by atoms with E-state index in [1.165, 1.54) is 37.6 Å². The lowest BCUT2D eigenvalue weighted by atomic mass is 10.1. The minimum absolute atomic E-state index is 0.281. The Kier molecular flexibility index (Phi) is 4.32. The minimum Gasteiger partial charge on any atom is -0.370 e. The Morgan fingerprint density at radius 2 is 1.95 bits per heavy atom. The quantitative estimate of drug-likeness (QED) is 0.944. The monoisotopic (exact) mass is 299 g/mol. The first kappa shape index (κ1) is 14.5. The molecule has 1 saturated heterocycles. The van der Waals surface area contributed by atoms with Gasteiger partial charge in [0.2, 0.25) is 0 Å². The maximum atomic E-state index is 13.2. The van der Waals surface area contributed by atoms with Gasteiger partial charge in [-0.15, -0.1) is 0 Å². The Morgan fingerprint density at radius 3 is 2.73 bits per heavy atom. The minimum atomic E-state index is -0.377. The molecule has 1 fully saturated rings. The van der Waals surface area contributed by atoms with Gasteiger partial charge in [-0.05, 0) is 43.5 Å². The van der Waals surface area contributed by atoms with Crippen molar-refractivity contribution in [1.29, 1.82) is 0 Å². The number of carbonyl (C=O) groups excluding carboxylic acids is 1. The summed E-state index contributed by atoms with van der Waals surface area (Å²) in [5.74, 6) is -0.657. The van der Waals surface area contributed by atoms with Crippen LogP contribution in [-0.4, -0.2) is 24.0 Å². The summed E-state index contributed by atoms with van der Waals surface area (Å²) < 4.78 is 13.2. The molecule has 2 heterocycles. The zero-order chi connectivity index (χ0) is 15.4. The molecule has 0 unspecified atom stereocenters. The molecule has 0 radical (unpaired) electrons. The number of rotatable bonds is 3. The summed E-state index contributed by atoms with van der Waals surface area (Å²) >= 11 is 0. The molecule has 5 heteroatoms. The molecule has 3 rings (SSSR count). The van der Waals surface area contributed by atoms with E-state index in [4.69, 9.17) is 0 Å². The van der Waals surface area contributed by atoms with E-state index in [9.17, 15) is 9.18 Å². The van der Waals surface area contributed by atoms with Gasteiger partial charge in [-0.2, -0.15) is 0 Å². The van der Waals surface area contributed by atoms with Gasteiger partial charge in [0.05, 0.1) is 17.4 Å². The van der Waals surface area contributed by atoms with Crippen LogP contribution >= 0.6 is 0 Å². The third-order valence-electron chi connectivity index (χ3n) is 3.79. The van der Waals surface area contributed by atoms with Gasteiger partial charge < -0.3 is 10.2 Å². The number of halogens is 1. The van der Waals surface area contributed by atoms with Gasteiger partial charge in [-0.3, -0.25) is 9.78 Å². The van der Waals surface area contributed by atoms with E-state index in [0.717, 1.165) is 18.8 Å². The van der Waals surface area contributed by atoms with Gasteiger partial charge in [-0.25, -0.2) is 4.39 Å². The zero-order valence-electron chi connectivity index (χ0n) is 12.3. The Hall–Kier alpha value is -2.43. The fraction of sp³-hybridized carbons (Fsp3) is 0.294. The number of anilines is 2. The number of pyridine rings is 1. The van der Waals surface area contributed by atoms with E-state index in [1.54, 1.807) is 18.3 Å². The van der Waals surface area contributed by atoms with Crippen LogP contribution in [0.1, 0.15) is 29.6 Å². The first-order valence-corrected chi connectivity index (χ1v) is 7.49. The smallest absolute Gasteiger partial charge is 0.257 e. The maximum absolute atomic E-state index is 13.2. The molecule has 4 nitrogen and oxygen atoms in total. The van der Waals surface area contributed by atoms with Crippen LogP contribution in [0.5, 0.6) is 0 Å². The second-order valence-electron chi connectivity index (χ2n) is 5.44. The molecule has 114 valence electrons. The number of nitrogens with one attached hydrogen (secondary N) is 1. The first-order valence-electron chi connectivity index (χ1n) is 7.49. The van der Waals surface area contributed by atoms with Gasteiger partial charge in [0, 0.05) is 25.0 Å².